The van der Waals surface area contributed by atoms with Crippen molar-refractivity contribution in [2.24, 2.45) is 11.7 Å². The minimum absolute atomic E-state index is 0.0641. The predicted molar refractivity (Wildman–Crippen MR) is 79.2 cm³/mol. The van der Waals surface area contributed by atoms with Crippen molar-refractivity contribution in [1.82, 2.24) is 4.90 Å². The molecular weight excluding hydrogens is 252 g/mol. The van der Waals surface area contributed by atoms with Gasteiger partial charge in [0.25, 0.3) is 0 Å². The normalized spacial score (nSPS) is 22.9. The molecule has 1 aliphatic heterocycles. The van der Waals surface area contributed by atoms with E-state index in [0.717, 1.165) is 18.4 Å². The van der Waals surface area contributed by atoms with E-state index in [-0.39, 0.29) is 18.2 Å². The molecule has 2 rings (SSSR count). The van der Waals surface area contributed by atoms with E-state index >= 15 is 0 Å². The fraction of sp³-hybridized carbons (Fsp3) is 0.562. The van der Waals surface area contributed by atoms with Crippen LogP contribution in [0.1, 0.15) is 32.3 Å². The summed E-state index contributed by atoms with van der Waals surface area (Å²) >= 11 is 0. The first-order valence-corrected chi connectivity index (χ1v) is 7.31. The van der Waals surface area contributed by atoms with E-state index in [1.165, 1.54) is 0 Å². The van der Waals surface area contributed by atoms with Crippen LogP contribution >= 0.6 is 0 Å². The van der Waals surface area contributed by atoms with Crippen LogP contribution in [0.25, 0.3) is 0 Å². The minimum atomic E-state index is -0.247. The maximum atomic E-state index is 12.3. The van der Waals surface area contributed by atoms with E-state index in [0.29, 0.717) is 19.1 Å². The van der Waals surface area contributed by atoms with Crippen LogP contribution in [0, 0.1) is 5.92 Å². The van der Waals surface area contributed by atoms with Gasteiger partial charge >= 0.3 is 6.09 Å². The lowest BCUT2D eigenvalue weighted by molar-refractivity contribution is 0.0515. The Morgan fingerprint density at radius 3 is 2.70 bits per heavy atom. The topological polar surface area (TPSA) is 55.6 Å². The summed E-state index contributed by atoms with van der Waals surface area (Å²) in [7, 11) is 0. The number of hydrogen-bond donors (Lipinski definition) is 1. The van der Waals surface area contributed by atoms with E-state index in [4.69, 9.17) is 10.5 Å². The minimum Gasteiger partial charge on any atom is -0.445 e. The number of rotatable bonds is 3. The molecular formula is C16H24N2O2. The molecule has 1 saturated heterocycles. The lowest BCUT2D eigenvalue weighted by atomic mass is 9.91. The highest BCUT2D eigenvalue weighted by molar-refractivity contribution is 5.68. The summed E-state index contributed by atoms with van der Waals surface area (Å²) in [5, 5.41) is 0. The smallest absolute Gasteiger partial charge is 0.410 e. The standard InChI is InChI=1S/C16H24N2O2/c1-12(2)15-9-8-14(17)10-18(15)16(19)20-11-13-6-4-3-5-7-13/h3-7,12,14-15H,8-11,17H2,1-2H3. The Morgan fingerprint density at radius 2 is 2.05 bits per heavy atom. The monoisotopic (exact) mass is 276 g/mol. The van der Waals surface area contributed by atoms with Crippen molar-refractivity contribution >= 4 is 6.09 Å². The molecule has 1 heterocycles. The Kier molecular flexibility index (Phi) is 5.01. The molecule has 1 amide bonds. The maximum Gasteiger partial charge on any atom is 0.410 e. The molecule has 1 fully saturated rings. The van der Waals surface area contributed by atoms with Gasteiger partial charge in [-0.1, -0.05) is 44.2 Å². The van der Waals surface area contributed by atoms with Crippen LogP contribution in [0.5, 0.6) is 0 Å². The molecule has 2 atom stereocenters. The third-order valence-electron chi connectivity index (χ3n) is 3.87. The summed E-state index contributed by atoms with van der Waals surface area (Å²) < 4.78 is 5.43. The number of hydrogen-bond acceptors (Lipinski definition) is 3. The molecule has 2 unspecified atom stereocenters. The first-order chi connectivity index (χ1) is 9.58. The number of amides is 1. The first-order valence-electron chi connectivity index (χ1n) is 7.31. The summed E-state index contributed by atoms with van der Waals surface area (Å²) in [6.07, 6.45) is 1.69. The van der Waals surface area contributed by atoms with Gasteiger partial charge in [-0.2, -0.15) is 0 Å². The van der Waals surface area contributed by atoms with Gasteiger partial charge in [0.15, 0.2) is 0 Å². The van der Waals surface area contributed by atoms with E-state index in [2.05, 4.69) is 13.8 Å². The second kappa shape index (κ2) is 6.75. The molecule has 2 N–H and O–H groups in total. The van der Waals surface area contributed by atoms with Gasteiger partial charge < -0.3 is 15.4 Å². The Bertz CT molecular complexity index is 433. The van der Waals surface area contributed by atoms with Crippen molar-refractivity contribution in [2.75, 3.05) is 6.54 Å². The van der Waals surface area contributed by atoms with E-state index < -0.39 is 0 Å². The van der Waals surface area contributed by atoms with Crippen LogP contribution in [0.4, 0.5) is 4.79 Å². The van der Waals surface area contributed by atoms with Crippen LogP contribution in [-0.4, -0.2) is 29.6 Å². The Balaban J connectivity index is 1.95. The van der Waals surface area contributed by atoms with Crippen molar-refractivity contribution < 1.29 is 9.53 Å². The van der Waals surface area contributed by atoms with Gasteiger partial charge in [-0.05, 0) is 24.3 Å². The number of carbonyl (C=O) groups is 1. The van der Waals surface area contributed by atoms with Crippen LogP contribution in [0.3, 0.4) is 0 Å². The van der Waals surface area contributed by atoms with Crippen molar-refractivity contribution in [2.45, 2.75) is 45.4 Å². The van der Waals surface area contributed by atoms with Crippen molar-refractivity contribution in [3.63, 3.8) is 0 Å². The molecule has 0 bridgehead atoms. The second-order valence-electron chi connectivity index (χ2n) is 5.84. The van der Waals surface area contributed by atoms with Crippen LogP contribution in [-0.2, 0) is 11.3 Å². The molecule has 1 aromatic rings. The van der Waals surface area contributed by atoms with Gasteiger partial charge in [0.1, 0.15) is 6.61 Å². The lowest BCUT2D eigenvalue weighted by Gasteiger charge is -2.39. The third-order valence-corrected chi connectivity index (χ3v) is 3.87. The number of carbonyl (C=O) groups excluding carboxylic acids is 1. The lowest BCUT2D eigenvalue weighted by Crippen LogP contribution is -2.53. The number of likely N-dealkylation sites (tertiary alicyclic amines) is 1. The van der Waals surface area contributed by atoms with Gasteiger partial charge in [0, 0.05) is 18.6 Å². The molecule has 0 aromatic heterocycles. The Labute approximate surface area is 120 Å². The molecule has 4 heteroatoms. The SMILES string of the molecule is CC(C)C1CCC(N)CN1C(=O)OCc1ccccc1. The van der Waals surface area contributed by atoms with Gasteiger partial charge in [0.2, 0.25) is 0 Å². The van der Waals surface area contributed by atoms with Gasteiger partial charge in [0.05, 0.1) is 0 Å². The summed E-state index contributed by atoms with van der Waals surface area (Å²) in [6, 6.07) is 10.0. The van der Waals surface area contributed by atoms with Crippen molar-refractivity contribution in [3.05, 3.63) is 35.9 Å². The van der Waals surface area contributed by atoms with Crippen molar-refractivity contribution in [1.29, 1.82) is 0 Å². The Hall–Kier alpha value is -1.55. The second-order valence-corrected chi connectivity index (χ2v) is 5.84. The zero-order valence-corrected chi connectivity index (χ0v) is 12.3. The molecule has 0 aliphatic carbocycles. The molecule has 1 aromatic carbocycles. The number of nitrogens with zero attached hydrogens (tertiary/aromatic N) is 1. The molecule has 0 saturated carbocycles. The fourth-order valence-electron chi connectivity index (χ4n) is 2.73. The molecule has 20 heavy (non-hydrogen) atoms. The summed E-state index contributed by atoms with van der Waals surface area (Å²) in [6.45, 7) is 5.19. The van der Waals surface area contributed by atoms with Gasteiger partial charge in [-0.25, -0.2) is 4.79 Å². The molecule has 1 aliphatic rings. The predicted octanol–water partition coefficient (Wildman–Crippen LogP) is 2.77. The molecule has 0 spiro atoms. The largest absolute Gasteiger partial charge is 0.445 e. The van der Waals surface area contributed by atoms with E-state index in [1.54, 1.807) is 0 Å². The maximum absolute atomic E-state index is 12.3. The van der Waals surface area contributed by atoms with Crippen LogP contribution in [0.2, 0.25) is 0 Å². The summed E-state index contributed by atoms with van der Waals surface area (Å²) in [4.78, 5) is 14.1. The molecule has 0 radical (unpaired) electrons. The Morgan fingerprint density at radius 1 is 1.35 bits per heavy atom. The third kappa shape index (κ3) is 3.73. The molecule has 4 nitrogen and oxygen atoms in total. The van der Waals surface area contributed by atoms with Crippen LogP contribution in [0.15, 0.2) is 30.3 Å². The van der Waals surface area contributed by atoms with Gasteiger partial charge in [-0.15, -0.1) is 0 Å². The zero-order valence-electron chi connectivity index (χ0n) is 12.3. The quantitative estimate of drug-likeness (QED) is 0.923. The average molecular weight is 276 g/mol. The highest BCUT2D eigenvalue weighted by atomic mass is 16.6. The highest BCUT2D eigenvalue weighted by Gasteiger charge is 2.32. The molecule has 110 valence electrons. The summed E-state index contributed by atoms with van der Waals surface area (Å²) in [5.74, 6) is 0.423. The first kappa shape index (κ1) is 14.9. The number of benzene rings is 1. The number of nitrogens with two attached hydrogens (primary N) is 1. The van der Waals surface area contributed by atoms with Crippen LogP contribution < -0.4 is 5.73 Å². The average Bonchev–Trinajstić information content (AvgIpc) is 2.45. The number of piperidine rings is 1. The van der Waals surface area contributed by atoms with E-state index in [9.17, 15) is 4.79 Å². The van der Waals surface area contributed by atoms with E-state index in [1.807, 2.05) is 35.2 Å². The highest BCUT2D eigenvalue weighted by Crippen LogP contribution is 2.23. The summed E-state index contributed by atoms with van der Waals surface area (Å²) in [5.41, 5.74) is 6.99. The van der Waals surface area contributed by atoms with Crippen molar-refractivity contribution in [3.8, 4) is 0 Å². The fourth-order valence-corrected chi connectivity index (χ4v) is 2.73. The zero-order chi connectivity index (χ0) is 14.5. The van der Waals surface area contributed by atoms with Gasteiger partial charge in [-0.3, -0.25) is 0 Å². The number of ether oxygens (including phenoxy) is 1.